The van der Waals surface area contributed by atoms with Crippen molar-refractivity contribution in [3.63, 3.8) is 0 Å². The van der Waals surface area contributed by atoms with Crippen molar-refractivity contribution < 1.29 is 28.7 Å². The van der Waals surface area contributed by atoms with Gasteiger partial charge >= 0.3 is 5.97 Å². The van der Waals surface area contributed by atoms with E-state index in [2.05, 4.69) is 59.7 Å². The van der Waals surface area contributed by atoms with Gasteiger partial charge in [0.25, 0.3) is 11.8 Å². The smallest absolute Gasteiger partial charge is 0.356 e. The van der Waals surface area contributed by atoms with Gasteiger partial charge in [0.15, 0.2) is 10.8 Å². The van der Waals surface area contributed by atoms with Crippen LogP contribution in [0.5, 0.6) is 5.75 Å². The van der Waals surface area contributed by atoms with Crippen LogP contribution in [0.1, 0.15) is 44.6 Å². The summed E-state index contributed by atoms with van der Waals surface area (Å²) < 4.78 is 10.9. The summed E-state index contributed by atoms with van der Waals surface area (Å²) in [5, 5.41) is 13.2. The molecule has 1 fully saturated rings. The molecule has 2 atom stereocenters. The Kier molecular flexibility index (Phi) is 14.1. The van der Waals surface area contributed by atoms with Crippen LogP contribution in [0, 0.1) is 0 Å². The number of β-lactam (4-membered cyclic amide) rings is 1. The van der Waals surface area contributed by atoms with Crippen molar-refractivity contribution in [1.82, 2.24) is 15.2 Å². The number of thiazole rings is 1. The zero-order chi connectivity index (χ0) is 49.5. The lowest BCUT2D eigenvalue weighted by Crippen LogP contribution is -2.71. The van der Waals surface area contributed by atoms with E-state index in [1.165, 1.54) is 28.0 Å². The number of nitrogens with one attached hydrogen (secondary N) is 2. The van der Waals surface area contributed by atoms with Crippen molar-refractivity contribution in [3.05, 3.63) is 267 Å². The molecule has 72 heavy (non-hydrogen) atoms. The summed E-state index contributed by atoms with van der Waals surface area (Å²) in [4.78, 5) is 56.9. The summed E-state index contributed by atoms with van der Waals surface area (Å²) in [6.45, 7) is -0.0305. The molecular weight excluding hydrogens is 959 g/mol. The van der Waals surface area contributed by atoms with E-state index in [0.29, 0.717) is 21.5 Å². The fourth-order valence-corrected chi connectivity index (χ4v) is 11.5. The average Bonchev–Trinajstić information content (AvgIpc) is 3.91. The number of nitrogens with zero attached hydrogens (tertiary/aromatic N) is 3. The van der Waals surface area contributed by atoms with Gasteiger partial charge in [0.1, 0.15) is 40.7 Å². The number of thioether (sulfide) groups is 1. The molecule has 7 aromatic carbocycles. The maximum absolute atomic E-state index is 15.2. The highest BCUT2D eigenvalue weighted by molar-refractivity contribution is 8.01. The highest BCUT2D eigenvalue weighted by Gasteiger charge is 2.55. The molecule has 0 aliphatic carbocycles. The molecule has 0 radical (unpaired) electrons. The summed E-state index contributed by atoms with van der Waals surface area (Å²) in [6, 6.07) is 65.6. The molecule has 3 heterocycles. The Labute approximate surface area is 431 Å². The fraction of sp³-hybridized carbons (Fsp3) is 0.121. The minimum absolute atomic E-state index is 0.0305. The number of oxime groups is 1. The van der Waals surface area contributed by atoms with E-state index in [1.807, 2.05) is 146 Å². The Balaban J connectivity index is 1.03. The minimum Gasteiger partial charge on any atom is -0.497 e. The second-order valence-corrected chi connectivity index (χ2v) is 19.4. The topological polar surface area (TPSA) is 131 Å². The molecule has 2 aliphatic rings. The van der Waals surface area contributed by atoms with Crippen molar-refractivity contribution in [3.8, 4) is 5.75 Å². The summed E-state index contributed by atoms with van der Waals surface area (Å²) in [5.41, 5.74) is 3.70. The summed E-state index contributed by atoms with van der Waals surface area (Å²) in [7, 11) is 1.57. The lowest BCUT2D eigenvalue weighted by Gasteiger charge is -2.49. The van der Waals surface area contributed by atoms with Gasteiger partial charge in [-0.2, -0.15) is 0 Å². The van der Waals surface area contributed by atoms with E-state index in [-0.39, 0.29) is 23.7 Å². The third-order valence-electron chi connectivity index (χ3n) is 12.6. The Morgan fingerprint density at radius 3 is 1.64 bits per heavy atom. The Bertz CT molecular complexity index is 3040. The maximum Gasteiger partial charge on any atom is 0.356 e. The van der Waals surface area contributed by atoms with Crippen molar-refractivity contribution >= 4 is 64.4 Å². The normalized spacial score (nSPS) is 15.7. The van der Waals surface area contributed by atoms with Crippen molar-refractivity contribution in [1.29, 1.82) is 0 Å². The zero-order valence-corrected chi connectivity index (χ0v) is 41.4. The SMILES string of the molecule is COc1ccc(COC(=O)C2=C(S)CS[C@@H]3[C@H](NC(=O)/C(=N\OC(c4ccccc4)(c4ccccc4)c4ccccc4)c4csc(NC(c5ccccc5)(c5ccccc5)c5ccccc5)n4)C(=O)N23)cc1. The first-order valence-electron chi connectivity index (χ1n) is 23.1. The van der Waals surface area contributed by atoms with Gasteiger partial charge in [0.2, 0.25) is 5.60 Å². The first-order chi connectivity index (χ1) is 35.3. The summed E-state index contributed by atoms with van der Waals surface area (Å²) in [6.07, 6.45) is 0. The predicted octanol–water partition coefficient (Wildman–Crippen LogP) is 10.6. The number of hydrogen-bond acceptors (Lipinski definition) is 12. The second-order valence-electron chi connectivity index (χ2n) is 16.9. The van der Waals surface area contributed by atoms with E-state index in [0.717, 1.165) is 38.9 Å². The van der Waals surface area contributed by atoms with Crippen LogP contribution in [0.25, 0.3) is 0 Å². The molecule has 1 aromatic heterocycles. The number of fused-ring (bicyclic) bond motifs is 1. The van der Waals surface area contributed by atoms with Crippen LogP contribution in [-0.2, 0) is 41.7 Å². The Morgan fingerprint density at radius 1 is 0.694 bits per heavy atom. The van der Waals surface area contributed by atoms with E-state index in [4.69, 9.17) is 24.5 Å². The molecule has 11 nitrogen and oxygen atoms in total. The van der Waals surface area contributed by atoms with Crippen LogP contribution in [0.2, 0.25) is 0 Å². The molecule has 0 spiro atoms. The molecular formula is C58H47N5O6S3. The number of anilines is 1. The third-order valence-corrected chi connectivity index (χ3v) is 15.3. The number of aromatic nitrogens is 1. The molecule has 2 amide bonds. The fourth-order valence-electron chi connectivity index (χ4n) is 9.12. The molecule has 14 heteroatoms. The number of rotatable bonds is 17. The molecule has 2 aliphatic heterocycles. The maximum atomic E-state index is 15.2. The van der Waals surface area contributed by atoms with Crippen LogP contribution in [0.3, 0.4) is 0 Å². The number of thiol groups is 1. The first-order valence-corrected chi connectivity index (χ1v) is 25.5. The standard InChI is InChI=1S/C58H47N5O6S3/c1-67-46-34-32-39(33-35-46)36-68-55(66)51-48(70)38-71-54-50(53(65)63(51)54)60-52(64)49(62-69-58(43-26-14-5-15-27-43,44-28-16-6-17-29-44)45-30-18-7-19-31-45)47-37-72-56(59-47)61-57(40-20-8-2-9-21-40,41-22-10-3-11-23-41)42-24-12-4-13-25-42/h2-35,37,50,54,70H,36,38H2,1H3,(H,59,61)(H,60,64)/b62-49-/t50-,54-/m1/s1. The number of hydrogen-bond donors (Lipinski definition) is 3. The van der Waals surface area contributed by atoms with E-state index >= 15 is 4.79 Å². The van der Waals surface area contributed by atoms with Gasteiger partial charge in [0, 0.05) is 32.7 Å². The molecule has 0 unspecified atom stereocenters. The number of esters is 1. The molecule has 10 rings (SSSR count). The van der Waals surface area contributed by atoms with Crippen LogP contribution in [-0.4, -0.2) is 57.7 Å². The monoisotopic (exact) mass is 1010 g/mol. The van der Waals surface area contributed by atoms with Gasteiger partial charge < -0.3 is 24.9 Å². The quantitative estimate of drug-likeness (QED) is 0.0204. The minimum atomic E-state index is -1.35. The lowest BCUT2D eigenvalue weighted by molar-refractivity contribution is -0.153. The van der Waals surface area contributed by atoms with Crippen LogP contribution < -0.4 is 15.4 Å². The highest BCUT2D eigenvalue weighted by Crippen LogP contribution is 2.44. The number of benzene rings is 7. The van der Waals surface area contributed by atoms with E-state index in [9.17, 15) is 9.59 Å². The number of carbonyl (C=O) groups is 3. The van der Waals surface area contributed by atoms with Crippen molar-refractivity contribution in [2.45, 2.75) is 29.2 Å². The third kappa shape index (κ3) is 9.27. The van der Waals surface area contributed by atoms with Crippen LogP contribution >= 0.6 is 35.7 Å². The second kappa shape index (κ2) is 21.2. The molecule has 0 bridgehead atoms. The number of methoxy groups -OCH3 is 1. The van der Waals surface area contributed by atoms with Gasteiger partial charge in [-0.25, -0.2) is 9.78 Å². The molecule has 8 aromatic rings. The highest BCUT2D eigenvalue weighted by atomic mass is 32.2. The Morgan fingerprint density at radius 2 is 1.17 bits per heavy atom. The first kappa shape index (κ1) is 47.8. The zero-order valence-electron chi connectivity index (χ0n) is 38.8. The largest absolute Gasteiger partial charge is 0.497 e. The van der Waals surface area contributed by atoms with E-state index in [1.54, 1.807) is 36.8 Å². The number of carbonyl (C=O) groups excluding carboxylic acids is 3. The average molecular weight is 1010 g/mol. The molecule has 1 saturated heterocycles. The molecule has 0 saturated carbocycles. The predicted molar refractivity (Wildman–Crippen MR) is 286 cm³/mol. The van der Waals surface area contributed by atoms with Gasteiger partial charge in [0.05, 0.1) is 7.11 Å². The van der Waals surface area contributed by atoms with Crippen LogP contribution in [0.15, 0.2) is 227 Å². The lowest BCUT2D eigenvalue weighted by atomic mass is 9.77. The van der Waals surface area contributed by atoms with Gasteiger partial charge in [-0.15, -0.1) is 35.7 Å². The number of ether oxygens (including phenoxy) is 2. The summed E-state index contributed by atoms with van der Waals surface area (Å²) >= 11 is 7.29. The number of amides is 2. The van der Waals surface area contributed by atoms with Crippen molar-refractivity contribution in [2.24, 2.45) is 5.16 Å². The van der Waals surface area contributed by atoms with Crippen LogP contribution in [0.4, 0.5) is 5.13 Å². The van der Waals surface area contributed by atoms with Crippen molar-refractivity contribution in [2.75, 3.05) is 18.2 Å². The van der Waals surface area contributed by atoms with Gasteiger partial charge in [-0.1, -0.05) is 199 Å². The summed E-state index contributed by atoms with van der Waals surface area (Å²) in [5.74, 6) is -0.938. The van der Waals surface area contributed by atoms with Gasteiger partial charge in [-0.05, 0) is 34.4 Å². The van der Waals surface area contributed by atoms with Gasteiger partial charge in [-0.3, -0.25) is 14.5 Å². The van der Waals surface area contributed by atoms with E-state index < -0.39 is 40.3 Å². The molecule has 358 valence electrons. The Hall–Kier alpha value is -7.91. The molecule has 2 N–H and O–H groups in total.